The van der Waals surface area contributed by atoms with E-state index in [0.29, 0.717) is 28.2 Å². The molecule has 6 nitrogen and oxygen atoms in total. The minimum absolute atomic E-state index is 0.208. The van der Waals surface area contributed by atoms with Gasteiger partial charge in [-0.3, -0.25) is 10.1 Å². The average molecular weight is 417 g/mol. The van der Waals surface area contributed by atoms with Crippen LogP contribution in [0.25, 0.3) is 22.6 Å². The number of methoxy groups -OCH3 is 1. The minimum Gasteiger partial charge on any atom is -0.497 e. The minimum atomic E-state index is -0.256. The van der Waals surface area contributed by atoms with E-state index in [-0.39, 0.29) is 11.0 Å². The normalized spacial score (nSPS) is 10.6. The van der Waals surface area contributed by atoms with Crippen LogP contribution in [0.1, 0.15) is 15.9 Å². The zero-order chi connectivity index (χ0) is 21.1. The Balaban J connectivity index is 1.50. The van der Waals surface area contributed by atoms with Crippen molar-refractivity contribution in [1.29, 1.82) is 0 Å². The summed E-state index contributed by atoms with van der Waals surface area (Å²) >= 11 is 5.29. The topological polar surface area (TPSA) is 76.4 Å². The van der Waals surface area contributed by atoms with Crippen LogP contribution >= 0.6 is 12.2 Å². The van der Waals surface area contributed by atoms with Gasteiger partial charge in [-0.2, -0.15) is 0 Å². The smallest absolute Gasteiger partial charge is 0.257 e. The Morgan fingerprint density at radius 3 is 2.70 bits per heavy atom. The number of fused-ring (bicyclic) bond motifs is 1. The summed E-state index contributed by atoms with van der Waals surface area (Å²) in [4.78, 5) is 17.0. The SMILES string of the molecule is COc1cccc(-c2nc3cc(NC(=S)NC(=O)c4ccccc4C)ccc3o2)c1. The molecule has 150 valence electrons. The lowest BCUT2D eigenvalue weighted by Gasteiger charge is -2.10. The molecule has 0 saturated heterocycles. The highest BCUT2D eigenvalue weighted by molar-refractivity contribution is 7.80. The van der Waals surface area contributed by atoms with E-state index in [4.69, 9.17) is 21.4 Å². The third-order valence-corrected chi connectivity index (χ3v) is 4.78. The van der Waals surface area contributed by atoms with Crippen molar-refractivity contribution in [2.45, 2.75) is 6.92 Å². The summed E-state index contributed by atoms with van der Waals surface area (Å²) in [6, 6.07) is 20.3. The van der Waals surface area contributed by atoms with Gasteiger partial charge < -0.3 is 14.5 Å². The molecule has 0 aliphatic rings. The quantitative estimate of drug-likeness (QED) is 0.458. The number of carbonyl (C=O) groups is 1. The van der Waals surface area contributed by atoms with Crippen LogP contribution < -0.4 is 15.4 Å². The summed E-state index contributed by atoms with van der Waals surface area (Å²) < 4.78 is 11.1. The Morgan fingerprint density at radius 2 is 1.90 bits per heavy atom. The molecule has 0 fully saturated rings. The summed E-state index contributed by atoms with van der Waals surface area (Å²) in [5.41, 5.74) is 4.30. The highest BCUT2D eigenvalue weighted by atomic mass is 32.1. The van der Waals surface area contributed by atoms with Gasteiger partial charge in [-0.15, -0.1) is 0 Å². The molecule has 4 aromatic rings. The van der Waals surface area contributed by atoms with Gasteiger partial charge in [-0.1, -0.05) is 24.3 Å². The summed E-state index contributed by atoms with van der Waals surface area (Å²) in [6.07, 6.45) is 0. The van der Waals surface area contributed by atoms with Gasteiger partial charge in [0.2, 0.25) is 5.89 Å². The molecule has 3 aromatic carbocycles. The fourth-order valence-corrected chi connectivity index (χ4v) is 3.26. The standard InChI is InChI=1S/C23H19N3O3S/c1-14-6-3-4-9-18(14)21(27)26-23(30)24-16-10-11-20-19(13-16)25-22(29-20)15-7-5-8-17(12-15)28-2/h3-13H,1-2H3,(H2,24,26,27,30). The van der Waals surface area contributed by atoms with Crippen LogP contribution in [0.3, 0.4) is 0 Å². The first-order chi connectivity index (χ1) is 14.5. The number of hydrogen-bond donors (Lipinski definition) is 2. The molecule has 0 aliphatic heterocycles. The Kier molecular flexibility index (Phi) is 5.45. The van der Waals surface area contributed by atoms with E-state index in [2.05, 4.69) is 15.6 Å². The number of oxazole rings is 1. The van der Waals surface area contributed by atoms with Gasteiger partial charge in [0.25, 0.3) is 5.91 Å². The average Bonchev–Trinajstić information content (AvgIpc) is 3.17. The molecule has 1 heterocycles. The number of carbonyl (C=O) groups excluding carboxylic acids is 1. The fraction of sp³-hybridized carbons (Fsp3) is 0.0870. The van der Waals surface area contributed by atoms with Crippen molar-refractivity contribution in [3.63, 3.8) is 0 Å². The highest BCUT2D eigenvalue weighted by Gasteiger charge is 2.12. The van der Waals surface area contributed by atoms with E-state index in [1.54, 1.807) is 19.2 Å². The number of nitrogens with zero attached hydrogens (tertiary/aromatic N) is 1. The van der Waals surface area contributed by atoms with Crippen molar-refractivity contribution in [3.8, 4) is 17.2 Å². The number of ether oxygens (including phenoxy) is 1. The lowest BCUT2D eigenvalue weighted by atomic mass is 10.1. The number of anilines is 1. The van der Waals surface area contributed by atoms with Crippen molar-refractivity contribution in [1.82, 2.24) is 10.3 Å². The van der Waals surface area contributed by atoms with Crippen molar-refractivity contribution < 1.29 is 13.9 Å². The lowest BCUT2D eigenvalue weighted by Crippen LogP contribution is -2.34. The number of thiocarbonyl (C=S) groups is 1. The molecule has 0 aliphatic carbocycles. The number of hydrogen-bond acceptors (Lipinski definition) is 5. The van der Waals surface area contributed by atoms with Crippen LogP contribution in [-0.4, -0.2) is 23.1 Å². The first-order valence-corrected chi connectivity index (χ1v) is 9.67. The van der Waals surface area contributed by atoms with Crippen molar-refractivity contribution in [2.24, 2.45) is 0 Å². The Labute approximate surface area is 178 Å². The van der Waals surface area contributed by atoms with E-state index in [9.17, 15) is 4.79 Å². The number of rotatable bonds is 4. The van der Waals surface area contributed by atoms with Gasteiger partial charge in [-0.25, -0.2) is 4.98 Å². The number of aryl methyl sites for hydroxylation is 1. The van der Waals surface area contributed by atoms with Crippen LogP contribution in [0.4, 0.5) is 5.69 Å². The van der Waals surface area contributed by atoms with Gasteiger partial charge in [0.1, 0.15) is 11.3 Å². The summed E-state index contributed by atoms with van der Waals surface area (Å²) in [5.74, 6) is 0.969. The van der Waals surface area contributed by atoms with Gasteiger partial charge in [0.05, 0.1) is 7.11 Å². The maximum absolute atomic E-state index is 12.4. The molecule has 7 heteroatoms. The molecule has 30 heavy (non-hydrogen) atoms. The molecule has 2 N–H and O–H groups in total. The molecular weight excluding hydrogens is 398 g/mol. The number of nitrogens with one attached hydrogen (secondary N) is 2. The fourth-order valence-electron chi connectivity index (χ4n) is 3.05. The molecule has 0 atom stereocenters. The number of aromatic nitrogens is 1. The van der Waals surface area contributed by atoms with Gasteiger partial charge in [-0.05, 0) is 67.2 Å². The second kappa shape index (κ2) is 8.34. The summed E-state index contributed by atoms with van der Waals surface area (Å²) in [6.45, 7) is 1.88. The number of amides is 1. The largest absolute Gasteiger partial charge is 0.497 e. The third-order valence-electron chi connectivity index (χ3n) is 4.58. The van der Waals surface area contributed by atoms with Gasteiger partial charge in [0, 0.05) is 16.8 Å². The van der Waals surface area contributed by atoms with E-state index < -0.39 is 0 Å². The van der Waals surface area contributed by atoms with Crippen molar-refractivity contribution in [3.05, 3.63) is 77.9 Å². The van der Waals surface area contributed by atoms with Gasteiger partial charge in [0.15, 0.2) is 10.7 Å². The summed E-state index contributed by atoms with van der Waals surface area (Å²) in [5, 5.41) is 5.93. The molecule has 0 spiro atoms. The van der Waals surface area contributed by atoms with Crippen LogP contribution in [0.5, 0.6) is 5.75 Å². The molecule has 0 bridgehead atoms. The predicted molar refractivity (Wildman–Crippen MR) is 121 cm³/mol. The first kappa shape index (κ1) is 19.6. The molecule has 0 unspecified atom stereocenters. The van der Waals surface area contributed by atoms with Crippen molar-refractivity contribution >= 4 is 40.0 Å². The highest BCUT2D eigenvalue weighted by Crippen LogP contribution is 2.28. The van der Waals surface area contributed by atoms with Crippen molar-refractivity contribution in [2.75, 3.05) is 12.4 Å². The predicted octanol–water partition coefficient (Wildman–Crippen LogP) is 4.94. The van der Waals surface area contributed by atoms with E-state index in [0.717, 1.165) is 16.9 Å². The Bertz CT molecular complexity index is 1250. The van der Waals surface area contributed by atoms with Crippen LogP contribution in [0.2, 0.25) is 0 Å². The number of benzene rings is 3. The molecule has 1 aromatic heterocycles. The second-order valence-corrected chi connectivity index (χ2v) is 7.06. The monoisotopic (exact) mass is 417 g/mol. The second-order valence-electron chi connectivity index (χ2n) is 6.66. The molecule has 1 amide bonds. The maximum Gasteiger partial charge on any atom is 0.257 e. The molecule has 0 saturated carbocycles. The Morgan fingerprint density at radius 1 is 1.07 bits per heavy atom. The van der Waals surface area contributed by atoms with Gasteiger partial charge >= 0.3 is 0 Å². The molecule has 0 radical (unpaired) electrons. The van der Waals surface area contributed by atoms with E-state index >= 15 is 0 Å². The maximum atomic E-state index is 12.4. The zero-order valence-corrected chi connectivity index (χ0v) is 17.2. The van der Waals surface area contributed by atoms with Crippen LogP contribution in [0, 0.1) is 6.92 Å². The first-order valence-electron chi connectivity index (χ1n) is 9.26. The lowest BCUT2D eigenvalue weighted by molar-refractivity contribution is 0.0977. The zero-order valence-electron chi connectivity index (χ0n) is 16.4. The third kappa shape index (κ3) is 4.16. The molecular formula is C23H19N3O3S. The van der Waals surface area contributed by atoms with E-state index in [1.165, 1.54) is 0 Å². The molecule has 4 rings (SSSR count). The van der Waals surface area contributed by atoms with E-state index in [1.807, 2.05) is 61.5 Å². The van der Waals surface area contributed by atoms with Crippen LogP contribution in [0.15, 0.2) is 71.1 Å². The summed E-state index contributed by atoms with van der Waals surface area (Å²) in [7, 11) is 1.61. The van der Waals surface area contributed by atoms with Crippen LogP contribution in [-0.2, 0) is 0 Å². The Hall–Kier alpha value is -3.71.